The first-order valence-electron chi connectivity index (χ1n) is 24.1. The Morgan fingerprint density at radius 1 is 0.286 bits per heavy atom. The van der Waals surface area contributed by atoms with E-state index in [0.717, 1.165) is 77.0 Å². The second-order valence-electron chi connectivity index (χ2n) is 16.3. The lowest BCUT2D eigenvalue weighted by atomic mass is 9.86. The fraction of sp³-hybridized carbons (Fsp3) is 0.917. The molecule has 0 aromatic rings. The van der Waals surface area contributed by atoms with E-state index in [0.29, 0.717) is 12.8 Å². The van der Waals surface area contributed by atoms with E-state index in [1.165, 1.54) is 116 Å². The van der Waals surface area contributed by atoms with E-state index in [1.807, 2.05) is 0 Å². The average molecular weight is 795 g/mol. The molecule has 0 heterocycles. The molecule has 0 aromatic heterocycles. The van der Waals surface area contributed by atoms with Crippen molar-refractivity contribution in [1.29, 1.82) is 0 Å². The Labute approximate surface area is 345 Å². The maximum atomic E-state index is 13.7. The van der Waals surface area contributed by atoms with E-state index >= 15 is 0 Å². The van der Waals surface area contributed by atoms with Crippen LogP contribution >= 0.6 is 0 Å². The first kappa shape index (κ1) is 53.9. The van der Waals surface area contributed by atoms with Crippen molar-refractivity contribution >= 4 is 23.9 Å². The zero-order valence-corrected chi connectivity index (χ0v) is 37.3. The van der Waals surface area contributed by atoms with Crippen molar-refractivity contribution in [2.75, 3.05) is 26.4 Å². The highest BCUT2D eigenvalue weighted by molar-refractivity contribution is 5.88. The van der Waals surface area contributed by atoms with Crippen molar-refractivity contribution in [2.24, 2.45) is 11.8 Å². The zero-order valence-electron chi connectivity index (χ0n) is 37.3. The summed E-state index contributed by atoms with van der Waals surface area (Å²) in [5.41, 5.74) is 0. The quantitative estimate of drug-likeness (QED) is 0.0341. The summed E-state index contributed by atoms with van der Waals surface area (Å²) in [5.74, 6) is -4.79. The van der Waals surface area contributed by atoms with Crippen LogP contribution in [0, 0.1) is 11.8 Å². The van der Waals surface area contributed by atoms with Crippen molar-refractivity contribution in [3.8, 4) is 0 Å². The van der Waals surface area contributed by atoms with Crippen LogP contribution in [-0.4, -0.2) is 50.3 Å². The van der Waals surface area contributed by atoms with Crippen LogP contribution in [0.25, 0.3) is 0 Å². The van der Waals surface area contributed by atoms with Crippen LogP contribution in [0.15, 0.2) is 0 Å². The Bertz CT molecular complexity index is 834. The topological polar surface area (TPSA) is 105 Å². The third-order valence-corrected chi connectivity index (χ3v) is 10.9. The number of carbonyl (C=O) groups is 4. The standard InChI is InChI=1S/C48H90O8/c1-5-9-13-17-21-25-29-33-37-53-45(49)41-43(47(51)55-39-35-31-27-23-19-15-11-7-3)44(48(52)56-40-36-32-28-24-20-16-12-8-4)42-46(50)54-38-34-30-26-22-18-14-10-6-2/h43-44H,5-42H2,1-4H3. The molecule has 0 aliphatic rings. The molecule has 0 saturated carbocycles. The number of hydrogen-bond donors (Lipinski definition) is 0. The Morgan fingerprint density at radius 2 is 0.482 bits per heavy atom. The lowest BCUT2D eigenvalue weighted by Gasteiger charge is -2.23. The minimum Gasteiger partial charge on any atom is -0.466 e. The highest BCUT2D eigenvalue weighted by Crippen LogP contribution is 2.26. The van der Waals surface area contributed by atoms with Gasteiger partial charge in [0.25, 0.3) is 0 Å². The van der Waals surface area contributed by atoms with Gasteiger partial charge in [0.15, 0.2) is 0 Å². The summed E-state index contributed by atoms with van der Waals surface area (Å²) in [6, 6.07) is 0. The van der Waals surface area contributed by atoms with Crippen LogP contribution in [0.1, 0.15) is 246 Å². The van der Waals surface area contributed by atoms with E-state index < -0.39 is 35.7 Å². The molecular formula is C48H90O8. The van der Waals surface area contributed by atoms with E-state index in [9.17, 15) is 19.2 Å². The molecule has 56 heavy (non-hydrogen) atoms. The highest BCUT2D eigenvalue weighted by atomic mass is 16.6. The third kappa shape index (κ3) is 35.1. The lowest BCUT2D eigenvalue weighted by molar-refractivity contribution is -0.167. The molecule has 2 atom stereocenters. The molecule has 0 aliphatic carbocycles. The van der Waals surface area contributed by atoms with E-state index in [-0.39, 0.29) is 39.3 Å². The van der Waals surface area contributed by atoms with Gasteiger partial charge in [-0.05, 0) is 25.7 Å². The molecule has 0 saturated heterocycles. The fourth-order valence-electron chi connectivity index (χ4n) is 7.13. The first-order chi connectivity index (χ1) is 27.4. The summed E-state index contributed by atoms with van der Waals surface area (Å²) < 4.78 is 22.6. The lowest BCUT2D eigenvalue weighted by Crippen LogP contribution is -2.36. The maximum absolute atomic E-state index is 13.7. The smallest absolute Gasteiger partial charge is 0.310 e. The second kappa shape index (κ2) is 42.5. The average Bonchev–Trinajstić information content (AvgIpc) is 3.19. The van der Waals surface area contributed by atoms with Gasteiger partial charge >= 0.3 is 23.9 Å². The SMILES string of the molecule is CCCCCCCCCCOC(=O)CC(C(=O)OCCCCCCCCCC)C(CC(=O)OCCCCCCCCCC)C(=O)OCCCCCCCCCC. The van der Waals surface area contributed by atoms with Crippen molar-refractivity contribution in [2.45, 2.75) is 246 Å². The molecule has 0 fully saturated rings. The normalized spacial score (nSPS) is 12.3. The molecule has 0 aromatic carbocycles. The van der Waals surface area contributed by atoms with Crippen LogP contribution in [0.3, 0.4) is 0 Å². The van der Waals surface area contributed by atoms with Gasteiger partial charge in [-0.3, -0.25) is 19.2 Å². The van der Waals surface area contributed by atoms with Crippen molar-refractivity contribution in [1.82, 2.24) is 0 Å². The van der Waals surface area contributed by atoms with Crippen molar-refractivity contribution in [3.05, 3.63) is 0 Å². The van der Waals surface area contributed by atoms with Gasteiger partial charge in [-0.1, -0.05) is 207 Å². The van der Waals surface area contributed by atoms with Crippen LogP contribution in [0.4, 0.5) is 0 Å². The molecule has 0 radical (unpaired) electrons. The fourth-order valence-corrected chi connectivity index (χ4v) is 7.13. The molecule has 0 rings (SSSR count). The van der Waals surface area contributed by atoms with Gasteiger partial charge in [0.1, 0.15) is 0 Å². The molecule has 2 unspecified atom stereocenters. The van der Waals surface area contributed by atoms with Gasteiger partial charge in [-0.15, -0.1) is 0 Å². The Balaban J connectivity index is 5.46. The Hall–Kier alpha value is -2.12. The molecule has 0 bridgehead atoms. The molecule has 8 heteroatoms. The minimum atomic E-state index is -1.18. The molecule has 8 nitrogen and oxygen atoms in total. The number of carbonyl (C=O) groups excluding carboxylic acids is 4. The van der Waals surface area contributed by atoms with Gasteiger partial charge in [0.05, 0.1) is 51.1 Å². The monoisotopic (exact) mass is 795 g/mol. The van der Waals surface area contributed by atoms with Crippen LogP contribution in [0.2, 0.25) is 0 Å². The molecular weight excluding hydrogens is 705 g/mol. The number of rotatable bonds is 43. The van der Waals surface area contributed by atoms with Crippen LogP contribution in [-0.2, 0) is 38.1 Å². The van der Waals surface area contributed by atoms with Crippen molar-refractivity contribution < 1.29 is 38.1 Å². The Kier molecular flexibility index (Phi) is 40.9. The van der Waals surface area contributed by atoms with Gasteiger partial charge in [0.2, 0.25) is 0 Å². The summed E-state index contributed by atoms with van der Waals surface area (Å²) >= 11 is 0. The molecule has 0 spiro atoms. The van der Waals surface area contributed by atoms with Gasteiger partial charge in [-0.2, -0.15) is 0 Å². The minimum absolute atomic E-state index is 0.209. The third-order valence-electron chi connectivity index (χ3n) is 10.9. The highest BCUT2D eigenvalue weighted by Gasteiger charge is 2.40. The number of esters is 4. The maximum Gasteiger partial charge on any atom is 0.310 e. The largest absolute Gasteiger partial charge is 0.466 e. The summed E-state index contributed by atoms with van der Waals surface area (Å²) in [5, 5.41) is 0. The molecule has 0 amide bonds. The van der Waals surface area contributed by atoms with Gasteiger partial charge in [-0.25, -0.2) is 0 Å². The van der Waals surface area contributed by atoms with Crippen LogP contribution < -0.4 is 0 Å². The number of hydrogen-bond acceptors (Lipinski definition) is 8. The van der Waals surface area contributed by atoms with Crippen molar-refractivity contribution in [3.63, 3.8) is 0 Å². The number of ether oxygens (including phenoxy) is 4. The summed E-state index contributed by atoms with van der Waals surface area (Å²) in [7, 11) is 0. The second-order valence-corrected chi connectivity index (χ2v) is 16.3. The summed E-state index contributed by atoms with van der Waals surface area (Å²) in [6.07, 6.45) is 35.0. The van der Waals surface area contributed by atoms with Crippen LogP contribution in [0.5, 0.6) is 0 Å². The van der Waals surface area contributed by atoms with E-state index in [2.05, 4.69) is 27.7 Å². The Morgan fingerprint density at radius 3 is 0.714 bits per heavy atom. The zero-order chi connectivity index (χ0) is 41.2. The predicted octanol–water partition coefficient (Wildman–Crippen LogP) is 13.7. The summed E-state index contributed by atoms with van der Waals surface area (Å²) in [6.45, 7) is 9.79. The number of unbranched alkanes of at least 4 members (excludes halogenated alkanes) is 28. The predicted molar refractivity (Wildman–Crippen MR) is 230 cm³/mol. The van der Waals surface area contributed by atoms with Gasteiger partial charge in [0, 0.05) is 0 Å². The van der Waals surface area contributed by atoms with Gasteiger partial charge < -0.3 is 18.9 Å². The summed E-state index contributed by atoms with van der Waals surface area (Å²) in [4.78, 5) is 53.8. The van der Waals surface area contributed by atoms with E-state index in [4.69, 9.17) is 18.9 Å². The first-order valence-corrected chi connectivity index (χ1v) is 24.1. The molecule has 330 valence electrons. The molecule has 0 N–H and O–H groups in total. The molecule has 0 aliphatic heterocycles. The van der Waals surface area contributed by atoms with E-state index in [1.54, 1.807) is 0 Å².